The van der Waals surface area contributed by atoms with E-state index in [0.29, 0.717) is 11.5 Å². The zero-order valence-corrected chi connectivity index (χ0v) is 12.5. The molecule has 0 saturated carbocycles. The van der Waals surface area contributed by atoms with Crippen LogP contribution in [0.15, 0.2) is 42.5 Å². The van der Waals surface area contributed by atoms with Crippen molar-refractivity contribution < 1.29 is 34.1 Å². The molecular weight excluding hydrogens is 318 g/mol. The molecule has 0 aliphatic rings. The molecule has 0 aromatic heterocycles. The van der Waals surface area contributed by atoms with Gasteiger partial charge in [0.15, 0.2) is 5.75 Å². The van der Waals surface area contributed by atoms with Crippen LogP contribution < -0.4 is 14.8 Å². The minimum atomic E-state index is -1.71. The van der Waals surface area contributed by atoms with Crippen molar-refractivity contribution in [3.8, 4) is 17.2 Å². The first-order valence-electron chi connectivity index (χ1n) is 6.64. The lowest BCUT2D eigenvalue weighted by atomic mass is 10.2. The average molecular weight is 331 g/mol. The number of hydrogen-bond acceptors (Lipinski definition) is 5. The highest BCUT2D eigenvalue weighted by atomic mass is 16.5. The van der Waals surface area contributed by atoms with E-state index in [1.807, 2.05) is 0 Å². The summed E-state index contributed by atoms with van der Waals surface area (Å²) in [4.78, 5) is 33.1. The molecule has 8 heteroatoms. The highest BCUT2D eigenvalue weighted by Gasteiger charge is 2.17. The third kappa shape index (κ3) is 4.01. The molecule has 8 nitrogen and oxygen atoms in total. The number of nitrogens with one attached hydrogen (secondary N) is 1. The second-order valence-electron chi connectivity index (χ2n) is 4.56. The van der Waals surface area contributed by atoms with Crippen LogP contribution in [0.3, 0.4) is 0 Å². The smallest absolute Gasteiger partial charge is 0.394 e. The minimum absolute atomic E-state index is 0.0786. The van der Waals surface area contributed by atoms with Crippen LogP contribution in [-0.4, -0.2) is 35.2 Å². The molecule has 2 aromatic carbocycles. The number of benzene rings is 2. The fourth-order valence-electron chi connectivity index (χ4n) is 1.82. The van der Waals surface area contributed by atoms with Crippen molar-refractivity contribution in [1.29, 1.82) is 0 Å². The highest BCUT2D eigenvalue weighted by Crippen LogP contribution is 2.32. The summed E-state index contributed by atoms with van der Waals surface area (Å²) in [6.07, 6.45) is 0. The zero-order chi connectivity index (χ0) is 17.7. The molecule has 0 aliphatic heterocycles. The van der Waals surface area contributed by atoms with Crippen molar-refractivity contribution in [1.82, 2.24) is 0 Å². The second kappa shape index (κ2) is 7.14. The van der Waals surface area contributed by atoms with Gasteiger partial charge in [-0.25, -0.2) is 9.59 Å². The van der Waals surface area contributed by atoms with E-state index in [1.54, 1.807) is 24.3 Å². The minimum Gasteiger partial charge on any atom is -0.497 e. The molecule has 0 aliphatic carbocycles. The van der Waals surface area contributed by atoms with E-state index in [1.165, 1.54) is 19.2 Å². The Hall–Kier alpha value is -3.55. The standard InChI is InChI=1S/C16H13NO7/c1-23-10-3-2-4-11(8-10)24-13-6-5-9(15(19)20)7-12(13)17-14(18)16(21)22/h2-8H,1H3,(H,17,18)(H,19,20)(H,21,22). The Kier molecular flexibility index (Phi) is 5.00. The van der Waals surface area contributed by atoms with E-state index < -0.39 is 17.8 Å². The average Bonchev–Trinajstić information content (AvgIpc) is 2.56. The lowest BCUT2D eigenvalue weighted by Crippen LogP contribution is -2.22. The Morgan fingerprint density at radius 3 is 2.33 bits per heavy atom. The van der Waals surface area contributed by atoms with Crippen LogP contribution in [-0.2, 0) is 9.59 Å². The van der Waals surface area contributed by atoms with Gasteiger partial charge in [0, 0.05) is 6.07 Å². The SMILES string of the molecule is COc1cccc(Oc2ccc(C(=O)O)cc2NC(=O)C(=O)O)c1. The van der Waals surface area contributed by atoms with E-state index >= 15 is 0 Å². The molecule has 24 heavy (non-hydrogen) atoms. The molecule has 3 N–H and O–H groups in total. The van der Waals surface area contributed by atoms with Gasteiger partial charge >= 0.3 is 17.8 Å². The highest BCUT2D eigenvalue weighted by molar-refractivity contribution is 6.36. The van der Waals surface area contributed by atoms with Crippen molar-refractivity contribution in [3.63, 3.8) is 0 Å². The number of carbonyl (C=O) groups excluding carboxylic acids is 1. The van der Waals surface area contributed by atoms with Crippen LogP contribution in [0.5, 0.6) is 17.2 Å². The number of methoxy groups -OCH3 is 1. The maximum Gasteiger partial charge on any atom is 0.394 e. The van der Waals surface area contributed by atoms with Crippen molar-refractivity contribution in [2.75, 3.05) is 12.4 Å². The van der Waals surface area contributed by atoms with E-state index in [4.69, 9.17) is 19.7 Å². The van der Waals surface area contributed by atoms with Gasteiger partial charge in [0.05, 0.1) is 18.4 Å². The van der Waals surface area contributed by atoms with Crippen LogP contribution in [0.25, 0.3) is 0 Å². The Bertz CT molecular complexity index is 801. The van der Waals surface area contributed by atoms with Crippen LogP contribution in [0.4, 0.5) is 5.69 Å². The third-order valence-electron chi connectivity index (χ3n) is 2.94. The van der Waals surface area contributed by atoms with Crippen LogP contribution in [0.2, 0.25) is 0 Å². The van der Waals surface area contributed by atoms with Gasteiger partial charge in [0.1, 0.15) is 11.5 Å². The molecular formula is C16H13NO7. The first-order valence-corrected chi connectivity index (χ1v) is 6.64. The van der Waals surface area contributed by atoms with Gasteiger partial charge in [-0.2, -0.15) is 0 Å². The normalized spacial score (nSPS) is 9.88. The molecule has 0 fully saturated rings. The van der Waals surface area contributed by atoms with E-state index in [-0.39, 0.29) is 17.0 Å². The number of carboxylic acid groups (broad SMARTS) is 2. The molecule has 1 amide bonds. The molecule has 2 aromatic rings. The third-order valence-corrected chi connectivity index (χ3v) is 2.94. The Labute approximate surface area is 136 Å². The summed E-state index contributed by atoms with van der Waals surface area (Å²) in [6.45, 7) is 0. The second-order valence-corrected chi connectivity index (χ2v) is 4.56. The van der Waals surface area contributed by atoms with Gasteiger partial charge in [-0.1, -0.05) is 6.07 Å². The molecule has 2 rings (SSSR count). The van der Waals surface area contributed by atoms with E-state index in [2.05, 4.69) is 5.32 Å². The quantitative estimate of drug-likeness (QED) is 0.718. The summed E-state index contributed by atoms with van der Waals surface area (Å²) in [5.41, 5.74) is -0.209. The van der Waals surface area contributed by atoms with E-state index in [0.717, 1.165) is 6.07 Å². The van der Waals surface area contributed by atoms with Gasteiger partial charge in [-0.05, 0) is 30.3 Å². The van der Waals surface area contributed by atoms with Crippen molar-refractivity contribution in [2.45, 2.75) is 0 Å². The fourth-order valence-corrected chi connectivity index (χ4v) is 1.82. The van der Waals surface area contributed by atoms with Crippen LogP contribution in [0.1, 0.15) is 10.4 Å². The first-order chi connectivity index (χ1) is 11.4. The summed E-state index contributed by atoms with van der Waals surface area (Å²) in [5, 5.41) is 19.8. The van der Waals surface area contributed by atoms with E-state index in [9.17, 15) is 14.4 Å². The molecule has 0 heterocycles. The molecule has 0 spiro atoms. The molecule has 0 bridgehead atoms. The van der Waals surface area contributed by atoms with Crippen molar-refractivity contribution in [2.24, 2.45) is 0 Å². The largest absolute Gasteiger partial charge is 0.497 e. The van der Waals surface area contributed by atoms with Gasteiger partial charge in [0.2, 0.25) is 0 Å². The predicted octanol–water partition coefficient (Wildman–Crippen LogP) is 2.21. The number of carbonyl (C=O) groups is 3. The Morgan fingerprint density at radius 2 is 1.71 bits per heavy atom. The number of carboxylic acids is 2. The number of aliphatic carboxylic acids is 1. The zero-order valence-electron chi connectivity index (χ0n) is 12.5. The van der Waals surface area contributed by atoms with Gasteiger partial charge < -0.3 is 25.0 Å². The summed E-state index contributed by atoms with van der Waals surface area (Å²) < 4.78 is 10.7. The monoisotopic (exact) mass is 331 g/mol. The van der Waals surface area contributed by atoms with Crippen LogP contribution in [0, 0.1) is 0 Å². The molecule has 124 valence electrons. The molecule has 0 unspecified atom stereocenters. The predicted molar refractivity (Wildman–Crippen MR) is 82.7 cm³/mol. The maximum absolute atomic E-state index is 11.4. The van der Waals surface area contributed by atoms with Gasteiger partial charge in [-0.15, -0.1) is 0 Å². The van der Waals surface area contributed by atoms with Crippen LogP contribution >= 0.6 is 0 Å². The topological polar surface area (TPSA) is 122 Å². The van der Waals surface area contributed by atoms with Gasteiger partial charge in [0.25, 0.3) is 0 Å². The fraction of sp³-hybridized carbons (Fsp3) is 0.0625. The lowest BCUT2D eigenvalue weighted by molar-refractivity contribution is -0.147. The number of anilines is 1. The summed E-state index contributed by atoms with van der Waals surface area (Å²) in [6, 6.07) is 10.3. The number of aromatic carboxylic acids is 1. The van der Waals surface area contributed by atoms with Crippen molar-refractivity contribution in [3.05, 3.63) is 48.0 Å². The van der Waals surface area contributed by atoms with Crippen molar-refractivity contribution >= 4 is 23.5 Å². The lowest BCUT2D eigenvalue weighted by Gasteiger charge is -2.13. The molecule has 0 radical (unpaired) electrons. The summed E-state index contributed by atoms with van der Waals surface area (Å²) in [5.74, 6) is -3.26. The summed E-state index contributed by atoms with van der Waals surface area (Å²) >= 11 is 0. The maximum atomic E-state index is 11.4. The molecule has 0 saturated heterocycles. The number of rotatable bonds is 5. The Morgan fingerprint density at radius 1 is 1.00 bits per heavy atom. The number of hydrogen-bond donors (Lipinski definition) is 3. The number of amides is 1. The first kappa shape index (κ1) is 16.8. The molecule has 0 atom stereocenters. The number of ether oxygens (including phenoxy) is 2. The van der Waals surface area contributed by atoms with Gasteiger partial charge in [-0.3, -0.25) is 4.79 Å². The summed E-state index contributed by atoms with van der Waals surface area (Å²) in [7, 11) is 1.49. The Balaban J connectivity index is 2.38.